The molecule has 0 spiro atoms. The third-order valence-electron chi connectivity index (χ3n) is 3.86. The first-order chi connectivity index (χ1) is 12.3. The van der Waals surface area contributed by atoms with Crippen LogP contribution in [0.1, 0.15) is 5.56 Å². The van der Waals surface area contributed by atoms with E-state index in [0.717, 1.165) is 6.07 Å². The van der Waals surface area contributed by atoms with Gasteiger partial charge in [-0.2, -0.15) is 18.3 Å². The van der Waals surface area contributed by atoms with Crippen LogP contribution in [0.3, 0.4) is 0 Å². The lowest BCUT2D eigenvalue weighted by Gasteiger charge is -2.18. The molecule has 1 aromatic heterocycles. The van der Waals surface area contributed by atoms with Gasteiger partial charge in [0.05, 0.1) is 24.9 Å². The second-order valence-corrected chi connectivity index (χ2v) is 5.61. The monoisotopic (exact) mass is 366 g/mol. The summed E-state index contributed by atoms with van der Waals surface area (Å²) in [5.74, 6) is -1.41. The van der Waals surface area contributed by atoms with Crippen molar-refractivity contribution in [2.24, 2.45) is 0 Å². The molecule has 26 heavy (non-hydrogen) atoms. The second-order valence-electron chi connectivity index (χ2n) is 5.61. The zero-order valence-corrected chi connectivity index (χ0v) is 13.3. The van der Waals surface area contributed by atoms with E-state index in [1.165, 1.54) is 41.3 Å². The second kappa shape index (κ2) is 6.80. The molecule has 0 saturated carbocycles. The maximum Gasteiger partial charge on any atom is 0.417 e. The van der Waals surface area contributed by atoms with Gasteiger partial charge in [0.15, 0.2) is 0 Å². The van der Waals surface area contributed by atoms with Gasteiger partial charge in [0.1, 0.15) is 11.6 Å². The molecule has 136 valence electrons. The number of aliphatic hydroxyl groups excluding tert-OH is 1. The third-order valence-corrected chi connectivity index (χ3v) is 3.86. The van der Waals surface area contributed by atoms with E-state index in [4.69, 9.17) is 5.11 Å². The highest BCUT2D eigenvalue weighted by Crippen LogP contribution is 2.45. The van der Waals surface area contributed by atoms with Gasteiger partial charge in [0.25, 0.3) is 0 Å². The summed E-state index contributed by atoms with van der Waals surface area (Å²) in [6, 6.07) is 6.93. The Morgan fingerprint density at radius 3 is 2.46 bits per heavy atom. The summed E-state index contributed by atoms with van der Waals surface area (Å²) in [5.41, 5.74) is -1.40. The molecular formula is C18H14F4N2O2. The maximum absolute atomic E-state index is 14.0. The van der Waals surface area contributed by atoms with Crippen LogP contribution < -0.4 is 0 Å². The average molecular weight is 366 g/mol. The van der Waals surface area contributed by atoms with Crippen molar-refractivity contribution in [1.82, 2.24) is 9.78 Å². The number of aliphatic hydroxyl groups is 1. The van der Waals surface area contributed by atoms with Crippen LogP contribution in [0.4, 0.5) is 17.6 Å². The Hall–Kier alpha value is -2.87. The van der Waals surface area contributed by atoms with Crippen LogP contribution in [0.2, 0.25) is 0 Å². The third kappa shape index (κ3) is 3.41. The summed E-state index contributed by atoms with van der Waals surface area (Å²) in [7, 11) is 0. The summed E-state index contributed by atoms with van der Waals surface area (Å²) < 4.78 is 56.0. The van der Waals surface area contributed by atoms with Gasteiger partial charge in [0.2, 0.25) is 0 Å². The zero-order chi connectivity index (χ0) is 18.9. The van der Waals surface area contributed by atoms with E-state index in [0.29, 0.717) is 6.07 Å². The molecule has 0 amide bonds. The highest BCUT2D eigenvalue weighted by molar-refractivity contribution is 5.88. The van der Waals surface area contributed by atoms with Gasteiger partial charge in [-0.3, -0.25) is 4.68 Å². The van der Waals surface area contributed by atoms with Crippen molar-refractivity contribution in [1.29, 1.82) is 0 Å². The smallest absolute Gasteiger partial charge is 0.417 e. The Labute approximate surface area is 145 Å². The summed E-state index contributed by atoms with van der Waals surface area (Å²) in [6.07, 6.45) is -2.13. The molecule has 0 aliphatic rings. The molecule has 3 aromatic rings. The molecule has 4 nitrogen and oxygen atoms in total. The molecule has 1 heterocycles. The standard InChI is InChI=1S/C18H14F4N2O2/c19-12-7-14(11-9-23-24(10-11)5-6-25)17(15(8-12)18(20,21)22)13-3-1-2-4-16(13)26/h1-4,7-10,25-26H,5-6H2. The average Bonchev–Trinajstić information content (AvgIpc) is 3.03. The fourth-order valence-electron chi connectivity index (χ4n) is 2.76. The fourth-order valence-corrected chi connectivity index (χ4v) is 2.76. The molecule has 0 radical (unpaired) electrons. The highest BCUT2D eigenvalue weighted by atomic mass is 19.4. The lowest BCUT2D eigenvalue weighted by Crippen LogP contribution is -2.09. The number of para-hydroxylation sites is 1. The molecule has 2 N–H and O–H groups in total. The van der Waals surface area contributed by atoms with Gasteiger partial charge in [-0.1, -0.05) is 18.2 Å². The minimum absolute atomic E-state index is 0.0528. The summed E-state index contributed by atoms with van der Waals surface area (Å²) in [6.45, 7) is -0.0578. The number of rotatable bonds is 4. The number of nitrogens with zero attached hydrogens (tertiary/aromatic N) is 2. The molecule has 0 fully saturated rings. The van der Waals surface area contributed by atoms with Crippen molar-refractivity contribution < 1.29 is 27.8 Å². The van der Waals surface area contributed by atoms with Gasteiger partial charge in [0, 0.05) is 22.9 Å². The first-order valence-corrected chi connectivity index (χ1v) is 7.64. The van der Waals surface area contributed by atoms with Crippen LogP contribution in [0.15, 0.2) is 48.8 Å². The molecule has 0 saturated heterocycles. The van der Waals surface area contributed by atoms with E-state index in [2.05, 4.69) is 5.10 Å². The summed E-state index contributed by atoms with van der Waals surface area (Å²) in [5, 5.41) is 23.0. The Kier molecular flexibility index (Phi) is 4.69. The lowest BCUT2D eigenvalue weighted by atomic mass is 9.90. The van der Waals surface area contributed by atoms with E-state index in [-0.39, 0.29) is 41.2 Å². The van der Waals surface area contributed by atoms with Crippen molar-refractivity contribution in [2.75, 3.05) is 6.61 Å². The number of hydrogen-bond donors (Lipinski definition) is 2. The van der Waals surface area contributed by atoms with Crippen LogP contribution >= 0.6 is 0 Å². The van der Waals surface area contributed by atoms with Crippen LogP contribution in [0.5, 0.6) is 5.75 Å². The van der Waals surface area contributed by atoms with Gasteiger partial charge < -0.3 is 10.2 Å². The van der Waals surface area contributed by atoms with E-state index >= 15 is 0 Å². The largest absolute Gasteiger partial charge is 0.507 e. The summed E-state index contributed by atoms with van der Waals surface area (Å²) in [4.78, 5) is 0. The van der Waals surface area contributed by atoms with Crippen molar-refractivity contribution in [3.8, 4) is 28.0 Å². The number of aromatic nitrogens is 2. The molecule has 0 unspecified atom stereocenters. The zero-order valence-electron chi connectivity index (χ0n) is 13.3. The van der Waals surface area contributed by atoms with Crippen LogP contribution in [-0.2, 0) is 12.7 Å². The van der Waals surface area contributed by atoms with Crippen LogP contribution in [0.25, 0.3) is 22.3 Å². The van der Waals surface area contributed by atoms with Crippen molar-refractivity contribution >= 4 is 0 Å². The van der Waals surface area contributed by atoms with Gasteiger partial charge >= 0.3 is 6.18 Å². The molecule has 0 atom stereocenters. The first kappa shape index (κ1) is 17.9. The minimum Gasteiger partial charge on any atom is -0.507 e. The number of hydrogen-bond acceptors (Lipinski definition) is 3. The molecule has 2 aromatic carbocycles. The molecular weight excluding hydrogens is 352 g/mol. The van der Waals surface area contributed by atoms with Crippen molar-refractivity contribution in [2.45, 2.75) is 12.7 Å². The predicted octanol–water partition coefficient (Wildman–Crippen LogP) is 4.07. The first-order valence-electron chi connectivity index (χ1n) is 7.64. The number of phenols is 1. The minimum atomic E-state index is -4.82. The van der Waals surface area contributed by atoms with E-state index in [1.54, 1.807) is 0 Å². The number of phenolic OH excluding ortho intramolecular Hbond substituents is 1. The Morgan fingerprint density at radius 2 is 1.81 bits per heavy atom. The number of benzene rings is 2. The molecule has 3 rings (SSSR count). The predicted molar refractivity (Wildman–Crippen MR) is 86.8 cm³/mol. The van der Waals surface area contributed by atoms with Gasteiger partial charge in [-0.05, 0) is 23.8 Å². The molecule has 0 aliphatic heterocycles. The van der Waals surface area contributed by atoms with Crippen molar-refractivity contribution in [3.05, 3.63) is 60.2 Å². The quantitative estimate of drug-likeness (QED) is 0.685. The maximum atomic E-state index is 14.0. The SMILES string of the molecule is OCCn1cc(-c2cc(F)cc(C(F)(F)F)c2-c2ccccc2O)cn1. The van der Waals surface area contributed by atoms with Gasteiger partial charge in [-0.25, -0.2) is 4.39 Å². The normalized spacial score (nSPS) is 11.7. The fraction of sp³-hybridized carbons (Fsp3) is 0.167. The number of aromatic hydroxyl groups is 1. The number of alkyl halides is 3. The van der Waals surface area contributed by atoms with E-state index in [1.807, 2.05) is 0 Å². The number of halogens is 4. The Balaban J connectivity index is 2.32. The van der Waals surface area contributed by atoms with E-state index < -0.39 is 17.6 Å². The summed E-state index contributed by atoms with van der Waals surface area (Å²) >= 11 is 0. The van der Waals surface area contributed by atoms with Crippen molar-refractivity contribution in [3.63, 3.8) is 0 Å². The lowest BCUT2D eigenvalue weighted by molar-refractivity contribution is -0.137. The Morgan fingerprint density at radius 1 is 1.08 bits per heavy atom. The molecule has 0 bridgehead atoms. The van der Waals surface area contributed by atoms with Gasteiger partial charge in [-0.15, -0.1) is 0 Å². The topological polar surface area (TPSA) is 58.3 Å². The Bertz CT molecular complexity index is 935. The van der Waals surface area contributed by atoms with Crippen LogP contribution in [0, 0.1) is 5.82 Å². The highest BCUT2D eigenvalue weighted by Gasteiger charge is 2.36. The molecule has 0 aliphatic carbocycles. The van der Waals surface area contributed by atoms with Crippen LogP contribution in [-0.4, -0.2) is 26.6 Å². The van der Waals surface area contributed by atoms with E-state index in [9.17, 15) is 22.7 Å². The molecule has 8 heteroatoms.